The van der Waals surface area contributed by atoms with Crippen molar-refractivity contribution in [1.29, 1.82) is 0 Å². The van der Waals surface area contributed by atoms with Crippen molar-refractivity contribution in [3.8, 4) is 62.9 Å². The number of esters is 1. The maximum atomic E-state index is 16.3. The minimum Gasteiger partial charge on any atom is -0.508 e. The molecule has 0 spiro atoms. The monoisotopic (exact) mass is 1770 g/mol. The number of carbonyl (C=O) groups excluding carboxylic acids is 10. The van der Waals surface area contributed by atoms with Crippen LogP contribution in [0.5, 0.6) is 51.7 Å². The molecule has 39 nitrogen and oxygen atoms in total. The first-order valence-electron chi connectivity index (χ1n) is 38.4. The molecule has 0 aliphatic carbocycles. The first-order valence-corrected chi connectivity index (χ1v) is 40.2. The molecular formula is C81H92Cl2N10O29S. The average Bonchev–Trinajstić information content (AvgIpc) is 0.766. The van der Waals surface area contributed by atoms with Crippen LogP contribution in [0.25, 0.3) is 11.1 Å². The number of phenolic OH excluding ortho intramolecular Hbond substituents is 3. The van der Waals surface area contributed by atoms with Gasteiger partial charge in [0.15, 0.2) is 29.0 Å². The number of ether oxygens (including phenoxy) is 8. The van der Waals surface area contributed by atoms with E-state index in [9.17, 15) is 84.6 Å². The summed E-state index contributed by atoms with van der Waals surface area (Å²) in [4.78, 5) is 156. The van der Waals surface area contributed by atoms with Crippen LogP contribution in [0.1, 0.15) is 131 Å². The number of halogens is 2. The molecular weight excluding hydrogens is 1680 g/mol. The summed E-state index contributed by atoms with van der Waals surface area (Å²) in [6.45, 7) is 7.60. The van der Waals surface area contributed by atoms with Gasteiger partial charge < -0.3 is 143 Å². The number of phenols is 3. The fraction of sp³-hybridized carbons (Fsp3) is 0.420. The maximum absolute atomic E-state index is 16.3. The first kappa shape index (κ1) is 92.5. The van der Waals surface area contributed by atoms with Crippen LogP contribution in [0.3, 0.4) is 0 Å². The van der Waals surface area contributed by atoms with Crippen molar-refractivity contribution >= 4 is 99.3 Å². The van der Waals surface area contributed by atoms with Gasteiger partial charge in [-0.3, -0.25) is 52.7 Å². The number of hydrogen-bond acceptors (Lipinski definition) is 31. The Kier molecular flexibility index (Phi) is 29.4. The molecule has 42 heteroatoms. The van der Waals surface area contributed by atoms with Gasteiger partial charge in [0.1, 0.15) is 113 Å². The summed E-state index contributed by atoms with van der Waals surface area (Å²) < 4.78 is 50.7. The van der Waals surface area contributed by atoms with E-state index in [1.807, 2.05) is 0 Å². The van der Waals surface area contributed by atoms with Crippen molar-refractivity contribution in [2.24, 2.45) is 11.5 Å². The number of fused-ring (bicyclic) bond motifs is 15. The fourth-order valence-corrected chi connectivity index (χ4v) is 15.3. The number of primary amides is 1. The molecule has 7 heterocycles. The number of nitrogens with one attached hydrogen (secondary N) is 8. The number of aliphatic hydroxyl groups excluding tert-OH is 6. The lowest BCUT2D eigenvalue weighted by Gasteiger charge is -2.48. The number of nitrogens with two attached hydrogens (primary N) is 2. The van der Waals surface area contributed by atoms with Crippen LogP contribution in [-0.4, -0.2) is 225 Å². The van der Waals surface area contributed by atoms with Crippen LogP contribution >= 0.6 is 35.0 Å². The van der Waals surface area contributed by atoms with Gasteiger partial charge in [-0.1, -0.05) is 65.3 Å². The van der Waals surface area contributed by atoms with Gasteiger partial charge >= 0.3 is 11.9 Å². The molecule has 660 valence electrons. The van der Waals surface area contributed by atoms with Crippen molar-refractivity contribution in [3.05, 3.63) is 147 Å². The number of aromatic hydroxyl groups is 3. The van der Waals surface area contributed by atoms with Crippen molar-refractivity contribution in [2.75, 3.05) is 25.5 Å². The van der Waals surface area contributed by atoms with Crippen molar-refractivity contribution in [1.82, 2.24) is 42.5 Å². The zero-order valence-corrected chi connectivity index (χ0v) is 68.9. The van der Waals surface area contributed by atoms with E-state index in [2.05, 4.69) is 42.5 Å². The summed E-state index contributed by atoms with van der Waals surface area (Å²) in [5, 5.41) is 135. The van der Waals surface area contributed by atoms with Gasteiger partial charge in [0.05, 0.1) is 54.4 Å². The normalized spacial score (nSPS) is 26.2. The third-order valence-corrected chi connectivity index (χ3v) is 21.9. The number of aliphatic hydroxyl groups is 6. The molecule has 22 N–H and O–H groups in total. The van der Waals surface area contributed by atoms with Gasteiger partial charge in [-0.15, -0.1) is 0 Å². The van der Waals surface area contributed by atoms with Gasteiger partial charge in [0.25, 0.3) is 0 Å². The number of hydrogen-bond donors (Lipinski definition) is 20. The zero-order valence-electron chi connectivity index (χ0n) is 66.5. The number of carboxylic acids is 1. The SMILES string of the molecule is CC(=O)SCCCOc1cccc(CN[C@@]2(C)C[C@H](O[C@H]3[C@H](Oc4c5cc6cc4Oc4ccc(cc4Cl)[C@@H](O)[C@@H](NC(=O)[C@@H](N)CC(=O)OC(C)(C)C)C(=O)N[C@@H](CC(N)=O)C(=O)N[C@H]6C(=O)N[C@H]4C(=O)N[C@H](C(=O)N[C@H](C(=O)NCC(=O)O)c6cc(O)cc(O)c6-c6cc4ccc6O)[C@H](O)c4ccc(c(Cl)c4)O5)O[C@H](CO)[C@@H](O)[C@@H]3O)O[C@@H](C)[C@H]2O)c1. The quantitative estimate of drug-likeness (QED) is 0.0338. The lowest BCUT2D eigenvalue weighted by atomic mass is 9.84. The smallest absolute Gasteiger partial charge is 0.322 e. The number of carboxylic acid groups (broad SMARTS) is 1. The number of amides is 8. The molecule has 0 unspecified atom stereocenters. The summed E-state index contributed by atoms with van der Waals surface area (Å²) >= 11 is 15.5. The van der Waals surface area contributed by atoms with Crippen molar-refractivity contribution in [2.45, 2.75) is 189 Å². The largest absolute Gasteiger partial charge is 0.508 e. The van der Waals surface area contributed by atoms with Gasteiger partial charge in [-0.05, 0) is 141 Å². The molecule has 2 saturated heterocycles. The third kappa shape index (κ3) is 22.2. The topological polar surface area (TPSA) is 612 Å². The molecule has 6 aromatic carbocycles. The Balaban J connectivity index is 1.10. The molecule has 0 saturated carbocycles. The van der Waals surface area contributed by atoms with E-state index in [4.69, 9.17) is 72.6 Å². The highest BCUT2D eigenvalue weighted by Crippen LogP contribution is 2.50. The number of rotatable bonds is 22. The first-order chi connectivity index (χ1) is 58.1. The number of aliphatic carboxylic acids is 1. The lowest BCUT2D eigenvalue weighted by molar-refractivity contribution is -0.334. The van der Waals surface area contributed by atoms with E-state index in [-0.39, 0.29) is 29.2 Å². The maximum Gasteiger partial charge on any atom is 0.322 e. The summed E-state index contributed by atoms with van der Waals surface area (Å²) in [6, 6.07) is 4.46. The number of benzene rings is 6. The zero-order chi connectivity index (χ0) is 89.5. The Bertz CT molecular complexity index is 5070. The van der Waals surface area contributed by atoms with Crippen LogP contribution in [0, 0.1) is 0 Å². The summed E-state index contributed by atoms with van der Waals surface area (Å²) in [6.07, 6.45) is -19.9. The highest BCUT2D eigenvalue weighted by molar-refractivity contribution is 8.13. The molecule has 8 amide bonds. The third-order valence-electron chi connectivity index (χ3n) is 20.4. The average molecular weight is 1770 g/mol. The molecule has 13 rings (SSSR count). The Hall–Kier alpha value is -11.2. The van der Waals surface area contributed by atoms with Gasteiger partial charge in [-0.25, -0.2) is 0 Å². The minimum absolute atomic E-state index is 0.0279. The second-order valence-corrected chi connectivity index (χ2v) is 33.0. The van der Waals surface area contributed by atoms with Crippen LogP contribution in [-0.2, 0) is 78.2 Å². The van der Waals surface area contributed by atoms with Crippen LogP contribution in [0.4, 0.5) is 0 Å². The van der Waals surface area contributed by atoms with E-state index < -0.39 is 284 Å². The molecule has 0 radical (unpaired) electrons. The molecule has 18 atom stereocenters. The molecule has 123 heavy (non-hydrogen) atoms. The van der Waals surface area contributed by atoms with Gasteiger partial charge in [0.2, 0.25) is 59.3 Å². The van der Waals surface area contributed by atoms with E-state index >= 15 is 19.2 Å². The molecule has 7 aliphatic rings. The van der Waals surface area contributed by atoms with Crippen molar-refractivity contribution < 1.29 is 142 Å². The van der Waals surface area contributed by atoms with Crippen LogP contribution < -0.4 is 72.9 Å². The van der Waals surface area contributed by atoms with Gasteiger partial charge in [-0.2, -0.15) is 0 Å². The fourth-order valence-electron chi connectivity index (χ4n) is 14.3. The molecule has 2 fully saturated rings. The summed E-state index contributed by atoms with van der Waals surface area (Å²) in [5.74, 6) is -18.3. The van der Waals surface area contributed by atoms with E-state index in [0.717, 1.165) is 78.9 Å². The highest BCUT2D eigenvalue weighted by atomic mass is 35.5. The number of thioether (sulfide) groups is 1. The molecule has 6 aromatic rings. The predicted octanol–water partition coefficient (Wildman–Crippen LogP) is 1.53. The van der Waals surface area contributed by atoms with Crippen LogP contribution in [0.2, 0.25) is 10.0 Å². The molecule has 11 bridgehead atoms. The van der Waals surface area contributed by atoms with Gasteiger partial charge in [0, 0.05) is 48.4 Å². The molecule has 0 aromatic heterocycles. The predicted molar refractivity (Wildman–Crippen MR) is 431 cm³/mol. The minimum atomic E-state index is -2.45. The van der Waals surface area contributed by atoms with Crippen molar-refractivity contribution in [3.63, 3.8) is 0 Å². The standard InChI is InChI=1S/C81H92Cl2N10O29S/c1-33-71(107)81(6,87-30-35-9-7-10-41(19-35)115-17-8-18-123-34(2)95)29-58(116-33)120-70-68(106)67(105)54(32-94)119-79(70)121-69-52-23-39-24-53(69)118-51-16-13-38(22-45(51)83)66(104)64-78(114)91-62(74(110)86-31-56(100)101)43-25-40(96)26-49(98)59(43)42-20-36(11-14-48(42)97)60(75(111)93-64)90-76(112)61(39)89-73(109)47(28-55(85)99)88-77(113)63(65(103)37-12-15-50(117-52)44(82)21-37)92-72(108)46(84)27-57(102)122-80(3,4)5/h7,9-16,19-26,33,46-47,54,58,60-68,70-71,79,87,94,96-98,103-107H,8,17-18,27-32,84H2,1-6H3,(H2,85,99)(H,86,110)(H,88,113)(H,89,109)(H,90,112)(H,91,114)(H,92,108)(H,93,111)(H,100,101)/t33-,46-,47-,54+,58-,60+,61+,62-,63+,64-,65+,66+,67+,68-,70+,71+,79-,81-/m0/s1. The van der Waals surface area contributed by atoms with E-state index in [1.54, 1.807) is 31.2 Å². The molecule has 7 aliphatic heterocycles. The number of carbonyl (C=O) groups is 11. The second-order valence-electron chi connectivity index (χ2n) is 30.9. The van der Waals surface area contributed by atoms with Crippen LogP contribution in [0.15, 0.2) is 103 Å². The Morgan fingerprint density at radius 2 is 1.37 bits per heavy atom. The Labute approximate surface area is 715 Å². The highest BCUT2D eigenvalue weighted by Gasteiger charge is 2.52. The lowest BCUT2D eigenvalue weighted by Crippen LogP contribution is -2.65. The Morgan fingerprint density at radius 1 is 0.724 bits per heavy atom. The van der Waals surface area contributed by atoms with E-state index in [1.165, 1.54) is 46.4 Å². The summed E-state index contributed by atoms with van der Waals surface area (Å²) in [7, 11) is 0. The van der Waals surface area contributed by atoms with E-state index in [0.29, 0.717) is 30.1 Å². The second kappa shape index (κ2) is 39.1. The Morgan fingerprint density at radius 3 is 2.00 bits per heavy atom. The summed E-state index contributed by atoms with van der Waals surface area (Å²) in [5.41, 5.74) is 7.07.